The van der Waals surface area contributed by atoms with Crippen molar-refractivity contribution < 1.29 is 33.0 Å². The molecule has 6 nitrogen and oxygen atoms in total. The summed E-state index contributed by atoms with van der Waals surface area (Å²) >= 11 is 0. The Bertz CT molecular complexity index is 443. The normalized spacial score (nSPS) is 20.7. The summed E-state index contributed by atoms with van der Waals surface area (Å²) in [5.41, 5.74) is -3.54. The number of ether oxygens (including phenoxy) is 2. The average molecular weight is 337 g/mol. The Kier molecular flexibility index (Phi) is 6.09. The van der Waals surface area contributed by atoms with E-state index in [-0.39, 0.29) is 25.6 Å². The Morgan fingerprint density at radius 2 is 1.78 bits per heavy atom. The van der Waals surface area contributed by atoms with Gasteiger partial charge >= 0.3 is 11.9 Å². The Morgan fingerprint density at radius 1 is 1.26 bits per heavy atom. The van der Waals surface area contributed by atoms with Crippen LogP contribution in [0.2, 0.25) is 0 Å². The third-order valence-electron chi connectivity index (χ3n) is 4.57. The van der Waals surface area contributed by atoms with Crippen LogP contribution in [-0.4, -0.2) is 65.8 Å². The third kappa shape index (κ3) is 3.63. The first-order valence-corrected chi connectivity index (χ1v) is 7.70. The van der Waals surface area contributed by atoms with E-state index in [4.69, 9.17) is 4.74 Å². The van der Waals surface area contributed by atoms with Crippen molar-refractivity contribution in [1.29, 1.82) is 0 Å². The topological polar surface area (TPSA) is 76.1 Å². The molecule has 1 atom stereocenters. The number of nitrogens with zero attached hydrogens (tertiary/aromatic N) is 1. The first-order valence-electron chi connectivity index (χ1n) is 7.70. The second kappa shape index (κ2) is 7.09. The minimum absolute atomic E-state index is 0.0801. The summed E-state index contributed by atoms with van der Waals surface area (Å²) in [5.74, 6) is -6.06. The summed E-state index contributed by atoms with van der Waals surface area (Å²) in [6.45, 7) is 4.47. The molecular formula is C15H25F2NO5. The lowest BCUT2D eigenvalue weighted by Crippen LogP contribution is -2.61. The minimum Gasteiger partial charge on any atom is -0.461 e. The molecule has 0 radical (unpaired) electrons. The van der Waals surface area contributed by atoms with Crippen LogP contribution in [0.3, 0.4) is 0 Å². The van der Waals surface area contributed by atoms with Crippen LogP contribution in [0.25, 0.3) is 0 Å². The largest absolute Gasteiger partial charge is 0.461 e. The fraction of sp³-hybridized carbons (Fsp3) is 0.867. The van der Waals surface area contributed by atoms with Gasteiger partial charge < -0.3 is 19.5 Å². The van der Waals surface area contributed by atoms with Crippen molar-refractivity contribution in [2.24, 2.45) is 0 Å². The molecule has 1 N–H and O–H groups in total. The second-order valence-corrected chi connectivity index (χ2v) is 5.91. The van der Waals surface area contributed by atoms with Gasteiger partial charge in [0.1, 0.15) is 11.2 Å². The second-order valence-electron chi connectivity index (χ2n) is 5.91. The van der Waals surface area contributed by atoms with Gasteiger partial charge in [0.2, 0.25) is 0 Å². The van der Waals surface area contributed by atoms with Gasteiger partial charge in [-0.2, -0.15) is 8.78 Å². The van der Waals surface area contributed by atoms with Crippen molar-refractivity contribution in [1.82, 2.24) is 4.90 Å². The van der Waals surface area contributed by atoms with Crippen LogP contribution < -0.4 is 0 Å². The number of hydrogen-bond donors (Lipinski definition) is 1. The molecule has 1 amide bonds. The lowest BCUT2D eigenvalue weighted by atomic mass is 9.84. The summed E-state index contributed by atoms with van der Waals surface area (Å²) in [4.78, 5) is 25.2. The zero-order valence-corrected chi connectivity index (χ0v) is 14.0. The number of piperidine rings is 1. The van der Waals surface area contributed by atoms with Crippen molar-refractivity contribution in [3.05, 3.63) is 0 Å². The number of halogens is 2. The average Bonchev–Trinajstić information content (AvgIpc) is 2.54. The number of hydrogen-bond acceptors (Lipinski definition) is 5. The van der Waals surface area contributed by atoms with Gasteiger partial charge in [-0.15, -0.1) is 0 Å². The van der Waals surface area contributed by atoms with E-state index in [1.807, 2.05) is 0 Å². The highest BCUT2D eigenvalue weighted by molar-refractivity contribution is 5.85. The molecule has 1 rings (SSSR count). The van der Waals surface area contributed by atoms with E-state index in [9.17, 15) is 23.5 Å². The molecule has 0 saturated carbocycles. The van der Waals surface area contributed by atoms with Crippen molar-refractivity contribution in [3.8, 4) is 0 Å². The monoisotopic (exact) mass is 337 g/mol. The number of likely N-dealkylation sites (tertiary alicyclic amines) is 1. The predicted octanol–water partition coefficient (Wildman–Crippen LogP) is 1.35. The molecule has 23 heavy (non-hydrogen) atoms. The Labute approximate surface area is 134 Å². The molecule has 0 unspecified atom stereocenters. The standard InChI is InChI=1S/C15H25F2NO5/c1-5-13(3,22-4)11(19)18-9-7-14(21,8-10-18)15(16,17)12(20)23-6-2/h21H,5-10H2,1-4H3/t13-/m0/s1. The third-order valence-corrected chi connectivity index (χ3v) is 4.57. The summed E-state index contributed by atoms with van der Waals surface area (Å²) < 4.78 is 37.8. The summed E-state index contributed by atoms with van der Waals surface area (Å²) in [5, 5.41) is 10.2. The summed E-state index contributed by atoms with van der Waals surface area (Å²) in [6, 6.07) is 0. The van der Waals surface area contributed by atoms with E-state index in [1.54, 1.807) is 13.8 Å². The number of methoxy groups -OCH3 is 1. The Hall–Kier alpha value is -1.28. The number of carbonyl (C=O) groups is 2. The van der Waals surface area contributed by atoms with E-state index in [1.165, 1.54) is 18.9 Å². The summed E-state index contributed by atoms with van der Waals surface area (Å²) in [7, 11) is 1.41. The molecule has 1 aliphatic heterocycles. The molecular weight excluding hydrogens is 312 g/mol. The molecule has 0 spiro atoms. The highest BCUT2D eigenvalue weighted by atomic mass is 19.3. The number of esters is 1. The molecule has 0 aliphatic carbocycles. The van der Waals surface area contributed by atoms with Crippen LogP contribution in [0.1, 0.15) is 40.0 Å². The first kappa shape index (κ1) is 19.8. The van der Waals surface area contributed by atoms with Gasteiger partial charge in [-0.1, -0.05) is 6.92 Å². The molecule has 1 fully saturated rings. The highest BCUT2D eigenvalue weighted by Crippen LogP contribution is 2.39. The van der Waals surface area contributed by atoms with Crippen molar-refractivity contribution in [2.75, 3.05) is 26.8 Å². The van der Waals surface area contributed by atoms with Gasteiger partial charge in [-0.3, -0.25) is 4.79 Å². The number of aliphatic hydroxyl groups is 1. The quantitative estimate of drug-likeness (QED) is 0.741. The smallest absolute Gasteiger partial charge is 0.380 e. The maximum absolute atomic E-state index is 14.1. The Morgan fingerprint density at radius 3 is 2.17 bits per heavy atom. The number of carbonyl (C=O) groups excluding carboxylic acids is 2. The van der Waals surface area contributed by atoms with Crippen LogP contribution in [0.15, 0.2) is 0 Å². The van der Waals surface area contributed by atoms with Crippen molar-refractivity contribution in [2.45, 2.75) is 57.2 Å². The fourth-order valence-electron chi connectivity index (χ4n) is 2.52. The fourth-order valence-corrected chi connectivity index (χ4v) is 2.52. The lowest BCUT2D eigenvalue weighted by molar-refractivity contribution is -0.223. The molecule has 1 aliphatic rings. The van der Waals surface area contributed by atoms with Gasteiger partial charge in [-0.05, 0) is 20.3 Å². The molecule has 8 heteroatoms. The molecule has 134 valence electrons. The molecule has 0 aromatic rings. The van der Waals surface area contributed by atoms with Crippen LogP contribution >= 0.6 is 0 Å². The SMILES string of the molecule is CCOC(=O)C(F)(F)C1(O)CCN(C(=O)[C@](C)(CC)OC)CC1. The molecule has 1 heterocycles. The van der Waals surface area contributed by atoms with Crippen LogP contribution in [0.4, 0.5) is 8.78 Å². The number of alkyl halides is 2. The van der Waals surface area contributed by atoms with Gasteiger partial charge in [0.25, 0.3) is 5.91 Å². The van der Waals surface area contributed by atoms with E-state index in [2.05, 4.69) is 4.74 Å². The predicted molar refractivity (Wildman–Crippen MR) is 78.0 cm³/mol. The van der Waals surface area contributed by atoms with Gasteiger partial charge in [0, 0.05) is 33.0 Å². The van der Waals surface area contributed by atoms with Gasteiger partial charge in [0.05, 0.1) is 6.61 Å². The first-order chi connectivity index (χ1) is 10.6. The van der Waals surface area contributed by atoms with Crippen molar-refractivity contribution in [3.63, 3.8) is 0 Å². The maximum atomic E-state index is 14.1. The number of rotatable bonds is 6. The van der Waals surface area contributed by atoms with Crippen LogP contribution in [-0.2, 0) is 19.1 Å². The highest BCUT2D eigenvalue weighted by Gasteiger charge is 2.60. The zero-order chi connectivity index (χ0) is 17.9. The van der Waals surface area contributed by atoms with Crippen molar-refractivity contribution >= 4 is 11.9 Å². The van der Waals surface area contributed by atoms with Crippen LogP contribution in [0, 0.1) is 0 Å². The number of amides is 1. The molecule has 0 bridgehead atoms. The van der Waals surface area contributed by atoms with E-state index in [0.29, 0.717) is 6.42 Å². The minimum atomic E-state index is -4.01. The van der Waals surface area contributed by atoms with Gasteiger partial charge in [0.15, 0.2) is 0 Å². The maximum Gasteiger partial charge on any atom is 0.380 e. The molecule has 0 aromatic carbocycles. The van der Waals surface area contributed by atoms with E-state index >= 15 is 0 Å². The van der Waals surface area contributed by atoms with Crippen LogP contribution in [0.5, 0.6) is 0 Å². The van der Waals surface area contributed by atoms with Gasteiger partial charge in [-0.25, -0.2) is 4.79 Å². The van der Waals surface area contributed by atoms with E-state index < -0.39 is 35.9 Å². The zero-order valence-electron chi connectivity index (χ0n) is 14.0. The Balaban J connectivity index is 2.81. The molecule has 0 aromatic heterocycles. The lowest BCUT2D eigenvalue weighted by Gasteiger charge is -2.43. The summed E-state index contributed by atoms with van der Waals surface area (Å²) in [6.07, 6.45) is -0.385. The molecule has 1 saturated heterocycles. The van der Waals surface area contributed by atoms with E-state index in [0.717, 1.165) is 0 Å².